The molecule has 0 bridgehead atoms. The zero-order valence-electron chi connectivity index (χ0n) is 18.0. The molecule has 1 heterocycles. The van der Waals surface area contributed by atoms with Crippen molar-refractivity contribution in [2.75, 3.05) is 0 Å². The van der Waals surface area contributed by atoms with Crippen LogP contribution in [0.4, 0.5) is 13.2 Å². The molecular weight excluding hydrogens is 489 g/mol. The molecule has 5 nitrogen and oxygen atoms in total. The van der Waals surface area contributed by atoms with Crippen LogP contribution in [-0.4, -0.2) is 13.9 Å². The summed E-state index contributed by atoms with van der Waals surface area (Å²) in [7, 11) is -9.52. The Labute approximate surface area is 195 Å². The summed E-state index contributed by atoms with van der Waals surface area (Å²) < 4.78 is 76.1. The number of rotatable bonds is 5. The lowest BCUT2D eigenvalue weighted by atomic mass is 10.2. The number of alkyl halides is 3. The first-order valence-electron chi connectivity index (χ1n) is 9.95. The Balaban J connectivity index is 2.12. The Morgan fingerprint density at radius 2 is 1.21 bits per heavy atom. The number of aryl methyl sites for hydroxylation is 2. The van der Waals surface area contributed by atoms with E-state index in [4.69, 9.17) is 8.05 Å². The highest BCUT2D eigenvalue weighted by atomic mass is 32.3. The normalized spacial score (nSPS) is 13.2. The fraction of sp³-hybridized carbons (Fsp3) is 0.125. The van der Waals surface area contributed by atoms with Gasteiger partial charge in [0, 0.05) is 26.1 Å². The van der Waals surface area contributed by atoms with E-state index < -0.39 is 31.6 Å². The summed E-state index contributed by atoms with van der Waals surface area (Å²) >= 11 is 0. The van der Waals surface area contributed by atoms with Gasteiger partial charge in [0.25, 0.3) is 0 Å². The van der Waals surface area contributed by atoms with Crippen LogP contribution in [-0.2, 0) is 13.7 Å². The van der Waals surface area contributed by atoms with Crippen molar-refractivity contribution in [3.05, 3.63) is 100 Å². The molecule has 0 aliphatic heterocycles. The first-order valence-corrected chi connectivity index (χ1v) is 12.9. The van der Waals surface area contributed by atoms with E-state index in [2.05, 4.69) is 0 Å². The van der Waals surface area contributed by atoms with Crippen LogP contribution in [0.2, 0.25) is 0 Å². The number of halogens is 3. The molecule has 3 aromatic carbocycles. The maximum Gasteiger partial charge on any atom is 0.524 e. The average Bonchev–Trinajstić information content (AvgIpc) is 2.77. The monoisotopic (exact) mass is 508 g/mol. The smallest absolute Gasteiger partial charge is 0.423 e. The second-order valence-corrected chi connectivity index (χ2v) is 12.0. The van der Waals surface area contributed by atoms with Gasteiger partial charge in [0.1, 0.15) is 5.58 Å². The van der Waals surface area contributed by atoms with Gasteiger partial charge in [-0.3, -0.25) is 0 Å². The number of benzene rings is 3. The predicted octanol–water partition coefficient (Wildman–Crippen LogP) is 6.47. The first kappa shape index (κ1) is 24.1. The second-order valence-electron chi connectivity index (χ2n) is 7.60. The summed E-state index contributed by atoms with van der Waals surface area (Å²) in [5.74, 6) is 0. The summed E-state index contributed by atoms with van der Waals surface area (Å²) in [6.07, 6.45) is 0. The number of hydrogen-bond donors (Lipinski definition) is 0. The molecule has 0 spiro atoms. The SMILES string of the molecule is Cc1ccc(S(OS(=O)(=O)C(F)(F)F)(c2ccc(C)cc2)c2ccc3ccc(=O)oc3c2)cc1. The standard InChI is InChI=1S/C24H19F3O5S2/c1-16-3-9-19(10-4-16)33(20-11-5-17(2)6-12-20,32-34(29,30)24(25,26)27)21-13-7-18-8-14-23(28)31-22(18)15-21/h3-15H,1-2H3. The van der Waals surface area contributed by atoms with Gasteiger partial charge in [0.2, 0.25) is 0 Å². The molecule has 0 aliphatic carbocycles. The zero-order chi connectivity index (χ0) is 24.7. The van der Waals surface area contributed by atoms with Crippen molar-refractivity contribution in [1.29, 1.82) is 0 Å². The minimum absolute atomic E-state index is 0.0918. The van der Waals surface area contributed by atoms with Crippen molar-refractivity contribution in [3.63, 3.8) is 0 Å². The van der Waals surface area contributed by atoms with E-state index in [-0.39, 0.29) is 20.3 Å². The molecule has 0 saturated heterocycles. The Bertz CT molecular complexity index is 1460. The number of hydrogen-bond acceptors (Lipinski definition) is 5. The molecule has 0 N–H and O–H groups in total. The predicted molar refractivity (Wildman–Crippen MR) is 123 cm³/mol. The van der Waals surface area contributed by atoms with Gasteiger partial charge in [-0.05, 0) is 66.6 Å². The molecule has 0 aliphatic rings. The Morgan fingerprint density at radius 3 is 1.71 bits per heavy atom. The summed E-state index contributed by atoms with van der Waals surface area (Å²) in [6, 6.07) is 19.9. The Kier molecular flexibility index (Phi) is 6.09. The molecule has 0 amide bonds. The lowest BCUT2D eigenvalue weighted by Gasteiger charge is -2.39. The van der Waals surface area contributed by atoms with Crippen molar-refractivity contribution < 1.29 is 29.6 Å². The summed E-state index contributed by atoms with van der Waals surface area (Å²) in [6.45, 7) is 3.59. The van der Waals surface area contributed by atoms with Gasteiger partial charge < -0.3 is 4.42 Å². The Morgan fingerprint density at radius 1 is 0.735 bits per heavy atom. The summed E-state index contributed by atoms with van der Waals surface area (Å²) in [5, 5.41) is 0.517. The molecular formula is C24H19F3O5S2. The lowest BCUT2D eigenvalue weighted by molar-refractivity contribution is -0.0496. The number of fused-ring (bicyclic) bond motifs is 1. The van der Waals surface area contributed by atoms with E-state index in [9.17, 15) is 26.4 Å². The molecule has 34 heavy (non-hydrogen) atoms. The quantitative estimate of drug-likeness (QED) is 0.228. The molecule has 0 fully saturated rings. The maximum atomic E-state index is 13.6. The van der Waals surface area contributed by atoms with Crippen LogP contribution < -0.4 is 5.63 Å². The van der Waals surface area contributed by atoms with E-state index in [1.807, 2.05) is 0 Å². The van der Waals surface area contributed by atoms with E-state index >= 15 is 0 Å². The van der Waals surface area contributed by atoms with Crippen molar-refractivity contribution in [1.82, 2.24) is 0 Å². The van der Waals surface area contributed by atoms with Crippen LogP contribution in [0.1, 0.15) is 11.1 Å². The third-order valence-corrected chi connectivity index (χ3v) is 10.00. The molecule has 4 aromatic rings. The maximum absolute atomic E-state index is 13.6. The topological polar surface area (TPSA) is 73.6 Å². The van der Waals surface area contributed by atoms with E-state index in [0.717, 1.165) is 11.1 Å². The molecule has 0 unspecified atom stereocenters. The second kappa shape index (κ2) is 8.61. The highest BCUT2D eigenvalue weighted by molar-refractivity contribution is 8.33. The summed E-state index contributed by atoms with van der Waals surface area (Å²) in [4.78, 5) is 12.4. The third-order valence-electron chi connectivity index (χ3n) is 5.11. The average molecular weight is 509 g/mol. The summed E-state index contributed by atoms with van der Waals surface area (Å²) in [5.41, 5.74) is -4.56. The van der Waals surface area contributed by atoms with Crippen molar-refractivity contribution in [2.45, 2.75) is 34.0 Å². The molecule has 1 aromatic heterocycles. The molecule has 0 saturated carbocycles. The van der Waals surface area contributed by atoms with Crippen LogP contribution in [0.5, 0.6) is 0 Å². The van der Waals surface area contributed by atoms with Gasteiger partial charge >= 0.3 is 21.3 Å². The largest absolute Gasteiger partial charge is 0.524 e. The van der Waals surface area contributed by atoms with Gasteiger partial charge in [-0.25, -0.2) is 4.79 Å². The third kappa shape index (κ3) is 4.36. The van der Waals surface area contributed by atoms with E-state index in [1.54, 1.807) is 68.4 Å². The van der Waals surface area contributed by atoms with Crippen LogP contribution in [0, 0.1) is 13.8 Å². The van der Waals surface area contributed by atoms with Gasteiger partial charge in [0.05, 0.1) is 0 Å². The van der Waals surface area contributed by atoms with Crippen molar-refractivity contribution >= 4 is 31.4 Å². The zero-order valence-corrected chi connectivity index (χ0v) is 19.6. The highest BCUT2D eigenvalue weighted by Gasteiger charge is 2.52. The minimum Gasteiger partial charge on any atom is -0.423 e. The molecule has 10 heteroatoms. The molecule has 0 radical (unpaired) electrons. The fourth-order valence-electron chi connectivity index (χ4n) is 3.38. The minimum atomic E-state index is -6.04. The van der Waals surface area contributed by atoms with Gasteiger partial charge in [-0.1, -0.05) is 41.5 Å². The first-order chi connectivity index (χ1) is 15.9. The van der Waals surface area contributed by atoms with Gasteiger partial charge in [0.15, 0.2) is 0 Å². The van der Waals surface area contributed by atoms with Crippen LogP contribution in [0.3, 0.4) is 0 Å². The van der Waals surface area contributed by atoms with Crippen LogP contribution in [0.25, 0.3) is 11.0 Å². The Hall–Kier alpha value is -3.08. The van der Waals surface area contributed by atoms with Crippen LogP contribution in [0.15, 0.2) is 103 Å². The van der Waals surface area contributed by atoms with Crippen LogP contribution >= 0.6 is 10.3 Å². The molecule has 178 valence electrons. The molecule has 0 atom stereocenters. The van der Waals surface area contributed by atoms with Gasteiger partial charge in [-0.2, -0.15) is 25.2 Å². The lowest BCUT2D eigenvalue weighted by Crippen LogP contribution is -2.27. The van der Waals surface area contributed by atoms with Gasteiger partial charge in [-0.15, -0.1) is 0 Å². The molecule has 4 rings (SSSR count). The van der Waals surface area contributed by atoms with E-state index in [0.29, 0.717) is 5.39 Å². The van der Waals surface area contributed by atoms with E-state index in [1.165, 1.54) is 24.3 Å². The highest BCUT2D eigenvalue weighted by Crippen LogP contribution is 2.70. The van der Waals surface area contributed by atoms with Crippen molar-refractivity contribution in [2.24, 2.45) is 0 Å². The fourth-order valence-corrected chi connectivity index (χ4v) is 8.09. The van der Waals surface area contributed by atoms with Crippen molar-refractivity contribution in [3.8, 4) is 0 Å².